The van der Waals surface area contributed by atoms with Gasteiger partial charge in [0.05, 0.1) is 26.0 Å². The first-order valence-corrected chi connectivity index (χ1v) is 8.76. The van der Waals surface area contributed by atoms with Gasteiger partial charge in [0.25, 0.3) is 5.91 Å². The van der Waals surface area contributed by atoms with Crippen LogP contribution in [0, 0.1) is 3.57 Å². The number of nitrogens with one attached hydrogen (secondary N) is 1. The second kappa shape index (κ2) is 8.41. The van der Waals surface area contributed by atoms with Crippen molar-refractivity contribution < 1.29 is 13.9 Å². The first kappa shape index (κ1) is 17.1. The summed E-state index contributed by atoms with van der Waals surface area (Å²) in [6.07, 6.45) is 1.51. The van der Waals surface area contributed by atoms with Crippen molar-refractivity contribution >= 4 is 34.7 Å². The van der Waals surface area contributed by atoms with Crippen LogP contribution in [0.1, 0.15) is 5.76 Å². The van der Waals surface area contributed by atoms with Crippen molar-refractivity contribution in [1.82, 2.24) is 10.3 Å². The average Bonchev–Trinajstić information content (AvgIpc) is 3.05. The number of hydrazone groups is 1. The van der Waals surface area contributed by atoms with Crippen molar-refractivity contribution in [3.8, 4) is 11.3 Å². The minimum Gasteiger partial charge on any atom is -0.455 e. The normalized spacial score (nSPS) is 15.7. The molecule has 1 aromatic heterocycles. The molecule has 0 spiro atoms. The molecule has 1 amide bonds. The van der Waals surface area contributed by atoms with E-state index < -0.39 is 0 Å². The lowest BCUT2D eigenvalue weighted by Crippen LogP contribution is -2.42. The fourth-order valence-electron chi connectivity index (χ4n) is 2.36. The molecule has 0 aliphatic carbocycles. The SMILES string of the molecule is O=C(CN1CCOCC1)N/N=C\c1ccc(-c2ccc(I)cc2)o1. The molecule has 0 radical (unpaired) electrons. The number of morpholine rings is 1. The van der Waals surface area contributed by atoms with Crippen LogP contribution in [0.4, 0.5) is 0 Å². The fourth-order valence-corrected chi connectivity index (χ4v) is 2.72. The molecule has 3 rings (SSSR count). The summed E-state index contributed by atoms with van der Waals surface area (Å²) in [4.78, 5) is 13.9. The molecule has 0 atom stereocenters. The Balaban J connectivity index is 1.51. The van der Waals surface area contributed by atoms with E-state index in [1.54, 1.807) is 0 Å². The van der Waals surface area contributed by atoms with Gasteiger partial charge < -0.3 is 9.15 Å². The van der Waals surface area contributed by atoms with Crippen LogP contribution in [0.25, 0.3) is 11.3 Å². The monoisotopic (exact) mass is 439 g/mol. The third-order valence-corrected chi connectivity index (χ3v) is 4.33. The smallest absolute Gasteiger partial charge is 0.254 e. The van der Waals surface area contributed by atoms with Gasteiger partial charge in [0.15, 0.2) is 0 Å². The molecule has 1 aliphatic heterocycles. The molecule has 7 heteroatoms. The van der Waals surface area contributed by atoms with Gasteiger partial charge in [0.1, 0.15) is 11.5 Å². The Labute approximate surface area is 154 Å². The van der Waals surface area contributed by atoms with E-state index in [9.17, 15) is 4.79 Å². The predicted molar refractivity (Wildman–Crippen MR) is 99.9 cm³/mol. The van der Waals surface area contributed by atoms with Gasteiger partial charge in [-0.2, -0.15) is 5.10 Å². The number of nitrogens with zero attached hydrogens (tertiary/aromatic N) is 2. The second-order valence-corrected chi connectivity index (χ2v) is 6.64. The first-order valence-electron chi connectivity index (χ1n) is 7.68. The molecular formula is C17H18IN3O3. The van der Waals surface area contributed by atoms with Crippen LogP contribution in [-0.4, -0.2) is 49.9 Å². The number of amides is 1. The van der Waals surface area contributed by atoms with Crippen molar-refractivity contribution in [1.29, 1.82) is 0 Å². The standard InChI is InChI=1S/C17H18IN3O3/c18-14-3-1-13(2-4-14)16-6-5-15(24-16)11-19-20-17(22)12-21-7-9-23-10-8-21/h1-6,11H,7-10,12H2,(H,20,22)/b19-11-. The number of furan rings is 1. The summed E-state index contributed by atoms with van der Waals surface area (Å²) >= 11 is 2.26. The predicted octanol–water partition coefficient (Wildman–Crippen LogP) is 2.33. The molecule has 126 valence electrons. The van der Waals surface area contributed by atoms with E-state index in [0.717, 1.165) is 24.4 Å². The number of carbonyl (C=O) groups excluding carboxylic acids is 1. The molecule has 2 aromatic rings. The maximum atomic E-state index is 11.8. The number of halogens is 1. The highest BCUT2D eigenvalue weighted by Crippen LogP contribution is 2.22. The molecule has 0 saturated carbocycles. The van der Waals surface area contributed by atoms with Gasteiger partial charge in [-0.25, -0.2) is 5.43 Å². The Morgan fingerprint density at radius 2 is 1.96 bits per heavy atom. The van der Waals surface area contributed by atoms with Crippen molar-refractivity contribution in [3.63, 3.8) is 0 Å². The van der Waals surface area contributed by atoms with E-state index in [-0.39, 0.29) is 5.91 Å². The van der Waals surface area contributed by atoms with Gasteiger partial charge in [-0.3, -0.25) is 9.69 Å². The number of benzene rings is 1. The van der Waals surface area contributed by atoms with Crippen LogP contribution in [-0.2, 0) is 9.53 Å². The van der Waals surface area contributed by atoms with Crippen LogP contribution in [0.15, 0.2) is 45.9 Å². The van der Waals surface area contributed by atoms with Crippen LogP contribution in [0.3, 0.4) is 0 Å². The lowest BCUT2D eigenvalue weighted by molar-refractivity contribution is -0.123. The van der Waals surface area contributed by atoms with E-state index in [2.05, 4.69) is 33.1 Å². The summed E-state index contributed by atoms with van der Waals surface area (Å²) in [7, 11) is 0. The van der Waals surface area contributed by atoms with E-state index >= 15 is 0 Å². The second-order valence-electron chi connectivity index (χ2n) is 5.39. The number of hydrogen-bond donors (Lipinski definition) is 1. The van der Waals surface area contributed by atoms with Crippen LogP contribution >= 0.6 is 22.6 Å². The van der Waals surface area contributed by atoms with Crippen molar-refractivity contribution in [2.75, 3.05) is 32.8 Å². The third-order valence-electron chi connectivity index (χ3n) is 3.61. The van der Waals surface area contributed by atoms with Crippen LogP contribution in [0.5, 0.6) is 0 Å². The highest BCUT2D eigenvalue weighted by molar-refractivity contribution is 14.1. The molecule has 1 saturated heterocycles. The van der Waals surface area contributed by atoms with Gasteiger partial charge in [-0.05, 0) is 46.9 Å². The van der Waals surface area contributed by atoms with Crippen LogP contribution in [0.2, 0.25) is 0 Å². The molecule has 2 heterocycles. The summed E-state index contributed by atoms with van der Waals surface area (Å²) < 4.78 is 12.1. The molecule has 24 heavy (non-hydrogen) atoms. The molecule has 6 nitrogen and oxygen atoms in total. The quantitative estimate of drug-likeness (QED) is 0.442. The molecular weight excluding hydrogens is 421 g/mol. The number of hydrogen-bond acceptors (Lipinski definition) is 5. The molecule has 1 aromatic carbocycles. The van der Waals surface area contributed by atoms with Gasteiger partial charge in [0, 0.05) is 22.2 Å². The lowest BCUT2D eigenvalue weighted by atomic mass is 10.2. The molecule has 0 bridgehead atoms. The van der Waals surface area contributed by atoms with E-state index in [1.165, 1.54) is 9.78 Å². The van der Waals surface area contributed by atoms with Gasteiger partial charge in [-0.1, -0.05) is 12.1 Å². The summed E-state index contributed by atoms with van der Waals surface area (Å²) in [5, 5.41) is 3.95. The van der Waals surface area contributed by atoms with Gasteiger partial charge in [0.2, 0.25) is 0 Å². The Hall–Kier alpha value is -1.71. The number of carbonyl (C=O) groups is 1. The molecule has 0 unspecified atom stereocenters. The average molecular weight is 439 g/mol. The first-order chi connectivity index (χ1) is 11.7. The van der Waals surface area contributed by atoms with Crippen LogP contribution < -0.4 is 5.43 Å². The molecule has 1 N–H and O–H groups in total. The summed E-state index contributed by atoms with van der Waals surface area (Å²) in [5.74, 6) is 1.22. The lowest BCUT2D eigenvalue weighted by Gasteiger charge is -2.25. The van der Waals surface area contributed by atoms with Crippen molar-refractivity contribution in [3.05, 3.63) is 45.7 Å². The summed E-state index contributed by atoms with van der Waals surface area (Å²) in [5.41, 5.74) is 3.53. The highest BCUT2D eigenvalue weighted by Gasteiger charge is 2.13. The minimum absolute atomic E-state index is 0.141. The molecule has 1 fully saturated rings. The molecule has 1 aliphatic rings. The van der Waals surface area contributed by atoms with E-state index in [1.807, 2.05) is 41.3 Å². The zero-order valence-corrected chi connectivity index (χ0v) is 15.2. The Bertz CT molecular complexity index is 706. The maximum absolute atomic E-state index is 11.8. The van der Waals surface area contributed by atoms with Crippen molar-refractivity contribution in [2.45, 2.75) is 0 Å². The Morgan fingerprint density at radius 1 is 1.21 bits per heavy atom. The number of rotatable bonds is 5. The Morgan fingerprint density at radius 3 is 2.71 bits per heavy atom. The third kappa shape index (κ3) is 4.89. The summed E-state index contributed by atoms with van der Waals surface area (Å²) in [6, 6.07) is 11.8. The van der Waals surface area contributed by atoms with E-state index in [0.29, 0.717) is 25.5 Å². The summed E-state index contributed by atoms with van der Waals surface area (Å²) in [6.45, 7) is 3.21. The topological polar surface area (TPSA) is 67.1 Å². The zero-order chi connectivity index (χ0) is 16.8. The highest BCUT2D eigenvalue weighted by atomic mass is 127. The van der Waals surface area contributed by atoms with E-state index in [4.69, 9.17) is 9.15 Å². The number of ether oxygens (including phenoxy) is 1. The zero-order valence-electron chi connectivity index (χ0n) is 13.1. The minimum atomic E-state index is -0.141. The fraction of sp³-hybridized carbons (Fsp3) is 0.294. The largest absolute Gasteiger partial charge is 0.455 e. The van der Waals surface area contributed by atoms with Crippen molar-refractivity contribution in [2.24, 2.45) is 5.10 Å². The maximum Gasteiger partial charge on any atom is 0.254 e. The Kier molecular flexibility index (Phi) is 6.00. The van der Waals surface area contributed by atoms with Gasteiger partial charge >= 0.3 is 0 Å². The van der Waals surface area contributed by atoms with Gasteiger partial charge in [-0.15, -0.1) is 0 Å².